The summed E-state index contributed by atoms with van der Waals surface area (Å²) in [4.78, 5) is 16.4. The van der Waals surface area contributed by atoms with E-state index in [1.807, 2.05) is 6.92 Å². The van der Waals surface area contributed by atoms with E-state index >= 15 is 0 Å². The summed E-state index contributed by atoms with van der Waals surface area (Å²) in [5.41, 5.74) is 6.67. The Kier molecular flexibility index (Phi) is 2.74. The van der Waals surface area contributed by atoms with Gasteiger partial charge in [-0.2, -0.15) is 0 Å². The maximum atomic E-state index is 10.6. The third kappa shape index (κ3) is 1.96. The van der Waals surface area contributed by atoms with Crippen LogP contribution in [0.1, 0.15) is 12.0 Å². The van der Waals surface area contributed by atoms with Crippen molar-refractivity contribution in [3.63, 3.8) is 0 Å². The highest BCUT2D eigenvalue weighted by molar-refractivity contribution is 5.51. The summed E-state index contributed by atoms with van der Waals surface area (Å²) >= 11 is 0. The minimum atomic E-state index is -0.431. The average molecular weight is 222 g/mol. The fraction of sp³-hybridized carbons (Fsp3) is 0.500. The van der Waals surface area contributed by atoms with E-state index in [0.29, 0.717) is 0 Å². The van der Waals surface area contributed by atoms with E-state index in [1.54, 1.807) is 6.07 Å². The quantitative estimate of drug-likeness (QED) is 0.592. The van der Waals surface area contributed by atoms with Crippen molar-refractivity contribution >= 4 is 11.5 Å². The van der Waals surface area contributed by atoms with Gasteiger partial charge in [0.05, 0.1) is 4.92 Å². The lowest BCUT2D eigenvalue weighted by molar-refractivity contribution is -0.385. The summed E-state index contributed by atoms with van der Waals surface area (Å²) in [5.74, 6) is 0.804. The summed E-state index contributed by atoms with van der Waals surface area (Å²) in [5, 5.41) is 10.6. The van der Waals surface area contributed by atoms with Gasteiger partial charge in [-0.3, -0.25) is 10.1 Å². The van der Waals surface area contributed by atoms with Gasteiger partial charge in [0.25, 0.3) is 5.69 Å². The van der Waals surface area contributed by atoms with E-state index in [4.69, 9.17) is 5.73 Å². The molecule has 0 aliphatic carbocycles. The fourth-order valence-electron chi connectivity index (χ4n) is 1.96. The fourth-order valence-corrected chi connectivity index (χ4v) is 1.96. The molecule has 0 saturated carbocycles. The number of rotatable bonds is 2. The average Bonchev–Trinajstić information content (AvgIpc) is 2.64. The first-order valence-electron chi connectivity index (χ1n) is 5.19. The zero-order valence-electron chi connectivity index (χ0n) is 9.09. The van der Waals surface area contributed by atoms with Crippen molar-refractivity contribution in [2.24, 2.45) is 5.73 Å². The van der Waals surface area contributed by atoms with Crippen LogP contribution in [0, 0.1) is 17.0 Å². The van der Waals surface area contributed by atoms with E-state index in [9.17, 15) is 10.1 Å². The van der Waals surface area contributed by atoms with Gasteiger partial charge in [-0.05, 0) is 18.9 Å². The van der Waals surface area contributed by atoms with E-state index in [1.165, 1.54) is 6.20 Å². The first-order valence-corrected chi connectivity index (χ1v) is 5.19. The summed E-state index contributed by atoms with van der Waals surface area (Å²) in [6.45, 7) is 3.47. The lowest BCUT2D eigenvalue weighted by Crippen LogP contribution is -2.27. The van der Waals surface area contributed by atoms with Gasteiger partial charge < -0.3 is 10.6 Å². The van der Waals surface area contributed by atoms with Gasteiger partial charge in [-0.25, -0.2) is 4.98 Å². The Bertz CT molecular complexity index is 421. The Morgan fingerprint density at radius 2 is 2.44 bits per heavy atom. The van der Waals surface area contributed by atoms with Crippen molar-refractivity contribution in [3.05, 3.63) is 27.9 Å². The van der Waals surface area contributed by atoms with Crippen molar-refractivity contribution in [1.29, 1.82) is 0 Å². The molecule has 6 heteroatoms. The Hall–Kier alpha value is -1.69. The number of aryl methyl sites for hydroxylation is 1. The highest BCUT2D eigenvalue weighted by Gasteiger charge is 2.22. The lowest BCUT2D eigenvalue weighted by Gasteiger charge is -2.18. The van der Waals surface area contributed by atoms with Gasteiger partial charge in [0.15, 0.2) is 0 Å². The number of nitrogens with zero attached hydrogens (tertiary/aromatic N) is 3. The molecule has 0 spiro atoms. The third-order valence-corrected chi connectivity index (χ3v) is 2.77. The van der Waals surface area contributed by atoms with Crippen molar-refractivity contribution < 1.29 is 4.92 Å². The molecule has 0 aromatic carbocycles. The molecule has 0 bridgehead atoms. The molecule has 1 aliphatic rings. The number of hydrogen-bond acceptors (Lipinski definition) is 5. The zero-order valence-corrected chi connectivity index (χ0v) is 9.09. The molecule has 1 aromatic heterocycles. The maximum absolute atomic E-state index is 10.6. The van der Waals surface area contributed by atoms with E-state index in [0.717, 1.165) is 30.9 Å². The third-order valence-electron chi connectivity index (χ3n) is 2.77. The number of pyridine rings is 1. The highest BCUT2D eigenvalue weighted by Crippen LogP contribution is 2.24. The standard InChI is InChI=1S/C10H14N4O2/c1-7-4-9(14(15)16)5-12-10(7)13-3-2-8(11)6-13/h4-5,8H,2-3,6,11H2,1H3. The molecular weight excluding hydrogens is 208 g/mol. The summed E-state index contributed by atoms with van der Waals surface area (Å²) in [6.07, 6.45) is 2.24. The van der Waals surface area contributed by atoms with Crippen LogP contribution in [-0.4, -0.2) is 29.0 Å². The minimum absolute atomic E-state index is 0.0322. The lowest BCUT2D eigenvalue weighted by atomic mass is 10.2. The van der Waals surface area contributed by atoms with E-state index in [2.05, 4.69) is 9.88 Å². The summed E-state index contributed by atoms with van der Waals surface area (Å²) < 4.78 is 0. The Morgan fingerprint density at radius 1 is 1.69 bits per heavy atom. The summed E-state index contributed by atoms with van der Waals surface area (Å²) in [6, 6.07) is 1.73. The molecule has 1 aromatic rings. The van der Waals surface area contributed by atoms with Crippen LogP contribution in [0.15, 0.2) is 12.3 Å². The van der Waals surface area contributed by atoms with Crippen LogP contribution < -0.4 is 10.6 Å². The SMILES string of the molecule is Cc1cc([N+](=O)[O-])cnc1N1CCC(N)C1. The molecule has 1 saturated heterocycles. The molecular formula is C10H14N4O2. The first-order chi connectivity index (χ1) is 7.58. The maximum Gasteiger partial charge on any atom is 0.287 e. The molecule has 0 amide bonds. The molecule has 0 radical (unpaired) electrons. The normalized spacial score (nSPS) is 20.1. The molecule has 2 rings (SSSR count). The predicted octanol–water partition coefficient (Wildman–Crippen LogP) is 0.836. The van der Waals surface area contributed by atoms with Gasteiger partial charge in [0, 0.05) is 25.2 Å². The van der Waals surface area contributed by atoms with Crippen LogP contribution in [0.2, 0.25) is 0 Å². The van der Waals surface area contributed by atoms with Gasteiger partial charge in [-0.1, -0.05) is 0 Å². The van der Waals surface area contributed by atoms with Crippen LogP contribution in [0.5, 0.6) is 0 Å². The number of nitrogens with two attached hydrogens (primary N) is 1. The Balaban J connectivity index is 2.26. The second kappa shape index (κ2) is 4.05. The largest absolute Gasteiger partial charge is 0.355 e. The Morgan fingerprint density at radius 3 is 2.94 bits per heavy atom. The highest BCUT2D eigenvalue weighted by atomic mass is 16.6. The van der Waals surface area contributed by atoms with Crippen LogP contribution in [0.25, 0.3) is 0 Å². The second-order valence-electron chi connectivity index (χ2n) is 4.09. The minimum Gasteiger partial charge on any atom is -0.355 e. The molecule has 1 unspecified atom stereocenters. The molecule has 86 valence electrons. The van der Waals surface area contributed by atoms with E-state index in [-0.39, 0.29) is 11.7 Å². The zero-order chi connectivity index (χ0) is 11.7. The van der Waals surface area contributed by atoms with Crippen LogP contribution >= 0.6 is 0 Å². The molecule has 1 atom stereocenters. The van der Waals surface area contributed by atoms with Crippen molar-refractivity contribution in [2.75, 3.05) is 18.0 Å². The van der Waals surface area contributed by atoms with Crippen LogP contribution in [0.3, 0.4) is 0 Å². The first kappa shape index (κ1) is 10.8. The molecule has 2 N–H and O–H groups in total. The second-order valence-corrected chi connectivity index (χ2v) is 4.09. The Labute approximate surface area is 93.2 Å². The summed E-state index contributed by atoms with van der Waals surface area (Å²) in [7, 11) is 0. The van der Waals surface area contributed by atoms with Gasteiger partial charge in [0.1, 0.15) is 12.0 Å². The predicted molar refractivity (Wildman–Crippen MR) is 60.4 cm³/mol. The van der Waals surface area contributed by atoms with Gasteiger partial charge in [0.2, 0.25) is 0 Å². The van der Waals surface area contributed by atoms with Crippen molar-refractivity contribution in [1.82, 2.24) is 4.98 Å². The number of nitro groups is 1. The van der Waals surface area contributed by atoms with Gasteiger partial charge >= 0.3 is 0 Å². The number of anilines is 1. The number of aromatic nitrogens is 1. The van der Waals surface area contributed by atoms with Crippen LogP contribution in [-0.2, 0) is 0 Å². The monoisotopic (exact) mass is 222 g/mol. The molecule has 16 heavy (non-hydrogen) atoms. The van der Waals surface area contributed by atoms with Gasteiger partial charge in [-0.15, -0.1) is 0 Å². The topological polar surface area (TPSA) is 85.3 Å². The smallest absolute Gasteiger partial charge is 0.287 e. The molecule has 1 aliphatic heterocycles. The molecule has 2 heterocycles. The number of hydrogen-bond donors (Lipinski definition) is 1. The van der Waals surface area contributed by atoms with Crippen molar-refractivity contribution in [2.45, 2.75) is 19.4 Å². The molecule has 1 fully saturated rings. The van der Waals surface area contributed by atoms with E-state index < -0.39 is 4.92 Å². The van der Waals surface area contributed by atoms with Crippen molar-refractivity contribution in [3.8, 4) is 0 Å². The van der Waals surface area contributed by atoms with Crippen LogP contribution in [0.4, 0.5) is 11.5 Å². The molecule has 6 nitrogen and oxygen atoms in total.